The summed E-state index contributed by atoms with van der Waals surface area (Å²) < 4.78 is 5.12. The summed E-state index contributed by atoms with van der Waals surface area (Å²) >= 11 is 0. The second kappa shape index (κ2) is 6.21. The number of methoxy groups -OCH3 is 1. The van der Waals surface area contributed by atoms with Crippen molar-refractivity contribution in [2.45, 2.75) is 32.4 Å². The van der Waals surface area contributed by atoms with Crippen molar-refractivity contribution in [3.8, 4) is 0 Å². The van der Waals surface area contributed by atoms with Crippen LogP contribution in [-0.4, -0.2) is 33.4 Å². The van der Waals surface area contributed by atoms with Gasteiger partial charge < -0.3 is 15.0 Å². The Kier molecular flexibility index (Phi) is 4.61. The molecule has 0 aliphatic heterocycles. The number of hydrogen-bond acceptors (Lipinski definition) is 3. The van der Waals surface area contributed by atoms with Gasteiger partial charge in [-0.05, 0) is 37.0 Å². The van der Waals surface area contributed by atoms with Gasteiger partial charge in [0.25, 0.3) is 0 Å². The van der Waals surface area contributed by atoms with E-state index in [2.05, 4.69) is 42.4 Å². The maximum absolute atomic E-state index is 5.12. The molecule has 0 saturated heterocycles. The number of likely N-dealkylation sites (N-methyl/N-ethyl adjacent to an activating group) is 1. The Morgan fingerprint density at radius 1 is 1.39 bits per heavy atom. The Hall–Kier alpha value is -1.06. The SMILES string of the molecule is COCCN(C)c1ccc(CNC2CC2)cc1C. The number of nitrogens with zero attached hydrogens (tertiary/aromatic N) is 1. The topological polar surface area (TPSA) is 24.5 Å². The van der Waals surface area contributed by atoms with E-state index in [1.165, 1.54) is 29.7 Å². The Morgan fingerprint density at radius 3 is 2.78 bits per heavy atom. The number of benzene rings is 1. The number of ether oxygens (including phenoxy) is 1. The molecule has 0 bridgehead atoms. The van der Waals surface area contributed by atoms with Crippen molar-refractivity contribution >= 4 is 5.69 Å². The van der Waals surface area contributed by atoms with Gasteiger partial charge in [-0.1, -0.05) is 12.1 Å². The van der Waals surface area contributed by atoms with Gasteiger partial charge in [-0.3, -0.25) is 0 Å². The van der Waals surface area contributed by atoms with Crippen LogP contribution < -0.4 is 10.2 Å². The first-order chi connectivity index (χ1) is 8.70. The molecule has 3 nitrogen and oxygen atoms in total. The molecule has 0 spiro atoms. The average Bonchev–Trinajstić information content (AvgIpc) is 3.17. The fourth-order valence-corrected chi connectivity index (χ4v) is 2.15. The number of nitrogens with one attached hydrogen (secondary N) is 1. The Balaban J connectivity index is 1.94. The fraction of sp³-hybridized carbons (Fsp3) is 0.600. The molecule has 18 heavy (non-hydrogen) atoms. The van der Waals surface area contributed by atoms with E-state index < -0.39 is 0 Å². The molecule has 1 aliphatic rings. The summed E-state index contributed by atoms with van der Waals surface area (Å²) in [4.78, 5) is 2.25. The summed E-state index contributed by atoms with van der Waals surface area (Å²) in [6, 6.07) is 7.50. The molecule has 1 aromatic carbocycles. The van der Waals surface area contributed by atoms with E-state index in [0.717, 1.165) is 25.7 Å². The molecule has 2 rings (SSSR count). The smallest absolute Gasteiger partial charge is 0.0637 e. The molecule has 0 amide bonds. The van der Waals surface area contributed by atoms with E-state index in [0.29, 0.717) is 0 Å². The predicted octanol–water partition coefficient (Wildman–Crippen LogP) is 2.33. The van der Waals surface area contributed by atoms with Crippen LogP contribution in [0, 0.1) is 6.92 Å². The lowest BCUT2D eigenvalue weighted by molar-refractivity contribution is 0.206. The molecular weight excluding hydrogens is 224 g/mol. The van der Waals surface area contributed by atoms with Crippen molar-refractivity contribution in [1.29, 1.82) is 0 Å². The summed E-state index contributed by atoms with van der Waals surface area (Å²) in [6.45, 7) is 4.87. The second-order valence-corrected chi connectivity index (χ2v) is 5.19. The molecule has 0 heterocycles. The number of hydrogen-bond donors (Lipinski definition) is 1. The van der Waals surface area contributed by atoms with Crippen molar-refractivity contribution in [3.05, 3.63) is 29.3 Å². The maximum Gasteiger partial charge on any atom is 0.0637 e. The minimum atomic E-state index is 0.765. The number of anilines is 1. The van der Waals surface area contributed by atoms with E-state index >= 15 is 0 Å². The van der Waals surface area contributed by atoms with E-state index in [4.69, 9.17) is 4.74 Å². The van der Waals surface area contributed by atoms with E-state index in [1.807, 2.05) is 0 Å². The van der Waals surface area contributed by atoms with Crippen molar-refractivity contribution in [1.82, 2.24) is 5.32 Å². The van der Waals surface area contributed by atoms with E-state index in [1.54, 1.807) is 7.11 Å². The summed E-state index contributed by atoms with van der Waals surface area (Å²) in [5, 5.41) is 3.55. The molecule has 1 fully saturated rings. The largest absolute Gasteiger partial charge is 0.383 e. The lowest BCUT2D eigenvalue weighted by atomic mass is 10.1. The molecule has 1 aromatic rings. The number of aryl methyl sites for hydroxylation is 1. The molecule has 0 atom stereocenters. The third kappa shape index (κ3) is 3.72. The summed E-state index contributed by atoms with van der Waals surface area (Å²) in [5.41, 5.74) is 4.01. The zero-order valence-corrected chi connectivity index (χ0v) is 11.7. The van der Waals surface area contributed by atoms with Crippen LogP contribution in [0.4, 0.5) is 5.69 Å². The fourth-order valence-electron chi connectivity index (χ4n) is 2.15. The van der Waals surface area contributed by atoms with Crippen LogP contribution in [0.3, 0.4) is 0 Å². The standard InChI is InChI=1S/C15H24N2O/c1-12-10-13(11-16-14-5-6-14)4-7-15(12)17(2)8-9-18-3/h4,7,10,14,16H,5-6,8-9,11H2,1-3H3. The third-order valence-corrected chi connectivity index (χ3v) is 3.48. The van der Waals surface area contributed by atoms with Gasteiger partial charge in [0.2, 0.25) is 0 Å². The van der Waals surface area contributed by atoms with Crippen LogP contribution >= 0.6 is 0 Å². The predicted molar refractivity (Wildman–Crippen MR) is 76.2 cm³/mol. The molecule has 1 N–H and O–H groups in total. The minimum absolute atomic E-state index is 0.765. The quantitative estimate of drug-likeness (QED) is 0.801. The highest BCUT2D eigenvalue weighted by atomic mass is 16.5. The van der Waals surface area contributed by atoms with E-state index in [9.17, 15) is 0 Å². The van der Waals surface area contributed by atoms with Crippen LogP contribution in [0.15, 0.2) is 18.2 Å². The zero-order chi connectivity index (χ0) is 13.0. The highest BCUT2D eigenvalue weighted by molar-refractivity contribution is 5.53. The van der Waals surface area contributed by atoms with Crippen LogP contribution in [0.1, 0.15) is 24.0 Å². The molecule has 0 radical (unpaired) electrons. The van der Waals surface area contributed by atoms with Crippen LogP contribution in [-0.2, 0) is 11.3 Å². The number of rotatable bonds is 7. The first-order valence-corrected chi connectivity index (χ1v) is 6.73. The molecule has 0 aromatic heterocycles. The lowest BCUT2D eigenvalue weighted by Gasteiger charge is -2.21. The van der Waals surface area contributed by atoms with Gasteiger partial charge in [0.05, 0.1) is 6.61 Å². The summed E-state index contributed by atoms with van der Waals surface area (Å²) in [7, 11) is 3.86. The van der Waals surface area contributed by atoms with Crippen LogP contribution in [0.5, 0.6) is 0 Å². The van der Waals surface area contributed by atoms with Gasteiger partial charge in [-0.15, -0.1) is 0 Å². The van der Waals surface area contributed by atoms with E-state index in [-0.39, 0.29) is 0 Å². The van der Waals surface area contributed by atoms with Gasteiger partial charge >= 0.3 is 0 Å². The van der Waals surface area contributed by atoms with Crippen molar-refractivity contribution in [2.24, 2.45) is 0 Å². The summed E-state index contributed by atoms with van der Waals surface area (Å²) in [5.74, 6) is 0. The van der Waals surface area contributed by atoms with Crippen LogP contribution in [0.25, 0.3) is 0 Å². The molecule has 1 aliphatic carbocycles. The van der Waals surface area contributed by atoms with Crippen LogP contribution in [0.2, 0.25) is 0 Å². The van der Waals surface area contributed by atoms with Gasteiger partial charge in [0.15, 0.2) is 0 Å². The van der Waals surface area contributed by atoms with Gasteiger partial charge in [0, 0.05) is 39.0 Å². The molecular formula is C15H24N2O. The van der Waals surface area contributed by atoms with Crippen molar-refractivity contribution in [2.75, 3.05) is 32.2 Å². The summed E-state index contributed by atoms with van der Waals surface area (Å²) in [6.07, 6.45) is 2.69. The highest BCUT2D eigenvalue weighted by Gasteiger charge is 2.19. The Labute approximate surface area is 110 Å². The van der Waals surface area contributed by atoms with Gasteiger partial charge in [-0.25, -0.2) is 0 Å². The first-order valence-electron chi connectivity index (χ1n) is 6.73. The average molecular weight is 248 g/mol. The minimum Gasteiger partial charge on any atom is -0.383 e. The Morgan fingerprint density at radius 2 is 2.17 bits per heavy atom. The van der Waals surface area contributed by atoms with Gasteiger partial charge in [-0.2, -0.15) is 0 Å². The molecule has 1 saturated carbocycles. The first kappa shape index (κ1) is 13.4. The lowest BCUT2D eigenvalue weighted by Crippen LogP contribution is -2.23. The zero-order valence-electron chi connectivity index (χ0n) is 11.7. The normalized spacial score (nSPS) is 14.8. The molecule has 3 heteroatoms. The highest BCUT2D eigenvalue weighted by Crippen LogP contribution is 2.22. The monoisotopic (exact) mass is 248 g/mol. The molecule has 0 unspecified atom stereocenters. The van der Waals surface area contributed by atoms with Crippen molar-refractivity contribution in [3.63, 3.8) is 0 Å². The Bertz CT molecular complexity index is 388. The maximum atomic E-state index is 5.12. The third-order valence-electron chi connectivity index (χ3n) is 3.48. The van der Waals surface area contributed by atoms with Gasteiger partial charge in [0.1, 0.15) is 0 Å². The second-order valence-electron chi connectivity index (χ2n) is 5.19. The molecule has 100 valence electrons. The van der Waals surface area contributed by atoms with Crippen molar-refractivity contribution < 1.29 is 4.74 Å².